The van der Waals surface area contributed by atoms with E-state index in [-0.39, 0.29) is 23.9 Å². The molecule has 0 fully saturated rings. The second kappa shape index (κ2) is 18.4. The molecule has 5 nitrogen and oxygen atoms in total. The molecule has 168 valence electrons. The highest BCUT2D eigenvalue weighted by Crippen LogP contribution is 2.05. The van der Waals surface area contributed by atoms with Gasteiger partial charge in [0.15, 0.2) is 0 Å². The van der Waals surface area contributed by atoms with Gasteiger partial charge in [0.05, 0.1) is 0 Å². The van der Waals surface area contributed by atoms with E-state index in [4.69, 9.17) is 0 Å². The highest BCUT2D eigenvalue weighted by atomic mass is 16.2. The van der Waals surface area contributed by atoms with Crippen LogP contribution in [0.3, 0.4) is 0 Å². The number of nitrogens with one attached hydrogen (secondary N) is 2. The van der Waals surface area contributed by atoms with Crippen molar-refractivity contribution in [1.82, 2.24) is 15.5 Å². The molecular weight excluding hydrogens is 362 g/mol. The number of amides is 2. The van der Waals surface area contributed by atoms with Crippen LogP contribution < -0.4 is 10.6 Å². The zero-order valence-electron chi connectivity index (χ0n) is 19.5. The molecular formula is C24H45N3O2. The number of nitrogens with zero attached hydrogens (tertiary/aromatic N) is 1. The van der Waals surface area contributed by atoms with E-state index in [9.17, 15) is 9.59 Å². The smallest absolute Gasteiger partial charge is 0.220 e. The lowest BCUT2D eigenvalue weighted by atomic mass is 10.1. The summed E-state index contributed by atoms with van der Waals surface area (Å²) in [7, 11) is 0. The van der Waals surface area contributed by atoms with Crippen LogP contribution in [0.2, 0.25) is 0 Å². The highest BCUT2D eigenvalue weighted by molar-refractivity contribution is 5.76. The van der Waals surface area contributed by atoms with Gasteiger partial charge in [-0.05, 0) is 46.1 Å². The van der Waals surface area contributed by atoms with Gasteiger partial charge in [-0.15, -0.1) is 0 Å². The Kier molecular flexibility index (Phi) is 17.4. The number of allylic oxidation sites excluding steroid dienone is 4. The first-order valence-corrected chi connectivity index (χ1v) is 11.5. The number of hydrogen-bond acceptors (Lipinski definition) is 3. The summed E-state index contributed by atoms with van der Waals surface area (Å²) in [5.41, 5.74) is 0. The van der Waals surface area contributed by atoms with Crippen LogP contribution in [0.4, 0.5) is 0 Å². The summed E-state index contributed by atoms with van der Waals surface area (Å²) in [5, 5.41) is 6.09. The van der Waals surface area contributed by atoms with Gasteiger partial charge in [-0.2, -0.15) is 0 Å². The van der Waals surface area contributed by atoms with E-state index < -0.39 is 0 Å². The lowest BCUT2D eigenvalue weighted by Crippen LogP contribution is -2.50. The molecule has 0 aliphatic rings. The Balaban J connectivity index is 4.16. The first-order chi connectivity index (χ1) is 14.0. The van der Waals surface area contributed by atoms with Crippen molar-refractivity contribution in [3.05, 3.63) is 24.3 Å². The average Bonchev–Trinajstić information content (AvgIpc) is 2.71. The van der Waals surface area contributed by atoms with Crippen molar-refractivity contribution in [2.45, 2.75) is 98.1 Å². The van der Waals surface area contributed by atoms with E-state index in [0.29, 0.717) is 25.9 Å². The number of unbranched alkanes of at least 4 members (excludes halogenated alkanes) is 2. The molecule has 0 radical (unpaired) electrons. The Morgan fingerprint density at radius 2 is 1.10 bits per heavy atom. The number of rotatable bonds is 17. The molecule has 0 bridgehead atoms. The normalized spacial score (nSPS) is 13.9. The second-order valence-electron chi connectivity index (χ2n) is 7.73. The zero-order chi connectivity index (χ0) is 21.9. The van der Waals surface area contributed by atoms with E-state index in [2.05, 4.69) is 74.5 Å². The minimum absolute atomic E-state index is 0.103. The van der Waals surface area contributed by atoms with Crippen LogP contribution in [0, 0.1) is 0 Å². The van der Waals surface area contributed by atoms with Gasteiger partial charge in [0.2, 0.25) is 11.8 Å². The Labute approximate surface area is 179 Å². The largest absolute Gasteiger partial charge is 0.355 e. The maximum atomic E-state index is 12.0. The monoisotopic (exact) mass is 407 g/mol. The van der Waals surface area contributed by atoms with E-state index in [1.165, 1.54) is 0 Å². The zero-order valence-corrected chi connectivity index (χ0v) is 19.5. The van der Waals surface area contributed by atoms with Crippen molar-refractivity contribution in [2.24, 2.45) is 0 Å². The lowest BCUT2D eigenvalue weighted by Gasteiger charge is -2.33. The predicted molar refractivity (Wildman–Crippen MR) is 124 cm³/mol. The Morgan fingerprint density at radius 1 is 0.724 bits per heavy atom. The summed E-state index contributed by atoms with van der Waals surface area (Å²) in [6.45, 7) is 12.8. The SMILES string of the molecule is CCC/C=C/CCC(=O)NCC(C)N(CC)C(C)CNC(=O)CC/C=C/CCC. The molecule has 0 saturated heterocycles. The summed E-state index contributed by atoms with van der Waals surface area (Å²) in [6, 6.07) is 0.451. The highest BCUT2D eigenvalue weighted by Gasteiger charge is 2.19. The van der Waals surface area contributed by atoms with Crippen LogP contribution in [0.25, 0.3) is 0 Å². The van der Waals surface area contributed by atoms with Gasteiger partial charge in [0.1, 0.15) is 0 Å². The summed E-state index contributed by atoms with van der Waals surface area (Å²) >= 11 is 0. The standard InChI is InChI=1S/C24H45N3O2/c1-6-9-11-13-15-17-23(28)25-19-21(4)27(8-3)22(5)20-26-24(29)18-16-14-12-10-7-2/h11-14,21-22H,6-10,15-20H2,1-5H3,(H,25,28)(H,26,29)/b13-11+,14-12+. The van der Waals surface area contributed by atoms with Crippen LogP contribution in [-0.2, 0) is 9.59 Å². The minimum atomic E-state index is 0.103. The number of carbonyl (C=O) groups excluding carboxylic acids is 2. The molecule has 2 unspecified atom stereocenters. The summed E-state index contributed by atoms with van der Waals surface area (Å²) in [5.74, 6) is 0.206. The van der Waals surface area contributed by atoms with Crippen LogP contribution >= 0.6 is 0 Å². The molecule has 5 heteroatoms. The van der Waals surface area contributed by atoms with Crippen LogP contribution in [0.5, 0.6) is 0 Å². The van der Waals surface area contributed by atoms with Crippen molar-refractivity contribution < 1.29 is 9.59 Å². The number of carbonyl (C=O) groups is 2. The third-order valence-electron chi connectivity index (χ3n) is 5.01. The third kappa shape index (κ3) is 15.0. The fraction of sp³-hybridized carbons (Fsp3) is 0.750. The molecule has 0 aromatic carbocycles. The molecule has 0 aromatic heterocycles. The Bertz CT molecular complexity index is 447. The maximum absolute atomic E-state index is 12.0. The Hall–Kier alpha value is -1.62. The minimum Gasteiger partial charge on any atom is -0.355 e. The quantitative estimate of drug-likeness (QED) is 0.347. The molecule has 0 aliphatic heterocycles. The fourth-order valence-corrected chi connectivity index (χ4v) is 3.23. The molecule has 2 N–H and O–H groups in total. The summed E-state index contributed by atoms with van der Waals surface area (Å²) in [6.07, 6.45) is 15.6. The first kappa shape index (κ1) is 27.4. The molecule has 29 heavy (non-hydrogen) atoms. The van der Waals surface area contributed by atoms with Crippen LogP contribution in [0.15, 0.2) is 24.3 Å². The van der Waals surface area contributed by atoms with Crippen molar-refractivity contribution in [2.75, 3.05) is 19.6 Å². The van der Waals surface area contributed by atoms with Crippen molar-refractivity contribution in [3.8, 4) is 0 Å². The second-order valence-corrected chi connectivity index (χ2v) is 7.73. The van der Waals surface area contributed by atoms with Crippen LogP contribution in [-0.4, -0.2) is 48.4 Å². The maximum Gasteiger partial charge on any atom is 0.220 e. The Morgan fingerprint density at radius 3 is 1.45 bits per heavy atom. The fourth-order valence-electron chi connectivity index (χ4n) is 3.23. The first-order valence-electron chi connectivity index (χ1n) is 11.5. The van der Waals surface area contributed by atoms with Gasteiger partial charge < -0.3 is 10.6 Å². The van der Waals surface area contributed by atoms with Crippen molar-refractivity contribution in [3.63, 3.8) is 0 Å². The molecule has 0 aromatic rings. The van der Waals surface area contributed by atoms with Gasteiger partial charge in [0.25, 0.3) is 0 Å². The molecule has 0 heterocycles. The topological polar surface area (TPSA) is 61.4 Å². The molecule has 0 rings (SSSR count). The van der Waals surface area contributed by atoms with Gasteiger partial charge in [-0.25, -0.2) is 0 Å². The lowest BCUT2D eigenvalue weighted by molar-refractivity contribution is -0.121. The van der Waals surface area contributed by atoms with E-state index >= 15 is 0 Å². The van der Waals surface area contributed by atoms with Crippen LogP contribution in [0.1, 0.15) is 86.0 Å². The predicted octanol–water partition coefficient (Wildman–Crippen LogP) is 4.59. The van der Waals surface area contributed by atoms with E-state index in [1.54, 1.807) is 0 Å². The molecule has 0 saturated carbocycles. The number of hydrogen-bond donors (Lipinski definition) is 2. The van der Waals surface area contributed by atoms with Gasteiger partial charge in [-0.1, -0.05) is 57.9 Å². The third-order valence-corrected chi connectivity index (χ3v) is 5.01. The van der Waals surface area contributed by atoms with Crippen molar-refractivity contribution in [1.29, 1.82) is 0 Å². The molecule has 2 amide bonds. The van der Waals surface area contributed by atoms with Gasteiger partial charge in [-0.3, -0.25) is 14.5 Å². The van der Waals surface area contributed by atoms with Crippen molar-refractivity contribution >= 4 is 11.8 Å². The molecule has 0 spiro atoms. The molecule has 2 atom stereocenters. The van der Waals surface area contributed by atoms with E-state index in [1.807, 2.05) is 0 Å². The number of likely N-dealkylation sites (N-methyl/N-ethyl adjacent to an activating group) is 1. The van der Waals surface area contributed by atoms with Gasteiger partial charge in [0, 0.05) is 38.0 Å². The summed E-state index contributed by atoms with van der Waals surface area (Å²) < 4.78 is 0. The summed E-state index contributed by atoms with van der Waals surface area (Å²) in [4.78, 5) is 26.4. The molecule has 0 aliphatic carbocycles. The average molecular weight is 408 g/mol. The van der Waals surface area contributed by atoms with E-state index in [0.717, 1.165) is 45.1 Å². The van der Waals surface area contributed by atoms with Gasteiger partial charge >= 0.3 is 0 Å².